The molecule has 124 valence electrons. The maximum atomic E-state index is 11.8. The lowest BCUT2D eigenvalue weighted by Gasteiger charge is -2.07. The highest BCUT2D eigenvalue weighted by molar-refractivity contribution is 7.89. The van der Waals surface area contributed by atoms with Crippen LogP contribution in [0.4, 0.5) is 0 Å². The first-order valence-electron chi connectivity index (χ1n) is 7.08. The Morgan fingerprint density at radius 3 is 2.83 bits per heavy atom. The Labute approximate surface area is 139 Å². The van der Waals surface area contributed by atoms with E-state index in [9.17, 15) is 13.2 Å². The van der Waals surface area contributed by atoms with Crippen LogP contribution in [0.5, 0.6) is 5.75 Å². The molecule has 0 aliphatic carbocycles. The number of fused-ring (bicyclic) bond motifs is 1. The number of sulfonamides is 1. The number of nitrogens with one attached hydrogen (secondary N) is 1. The molecule has 2 heterocycles. The minimum atomic E-state index is -3.61. The van der Waals surface area contributed by atoms with Gasteiger partial charge in [-0.2, -0.15) is 0 Å². The molecule has 0 spiro atoms. The number of nitrogens with zero attached hydrogens (tertiary/aromatic N) is 2. The second kappa shape index (κ2) is 6.32. The van der Waals surface area contributed by atoms with Crippen LogP contribution in [0.25, 0.3) is 5.65 Å². The highest BCUT2D eigenvalue weighted by atomic mass is 32.2. The van der Waals surface area contributed by atoms with Gasteiger partial charge in [-0.1, -0.05) is 12.1 Å². The number of hydrogen-bond acceptors (Lipinski definition) is 5. The van der Waals surface area contributed by atoms with Gasteiger partial charge in [0.2, 0.25) is 10.0 Å². The van der Waals surface area contributed by atoms with E-state index < -0.39 is 15.9 Å². The van der Waals surface area contributed by atoms with E-state index in [0.717, 1.165) is 17.6 Å². The Bertz CT molecular complexity index is 962. The number of imidazole rings is 1. The van der Waals surface area contributed by atoms with Crippen molar-refractivity contribution < 1.29 is 17.9 Å². The zero-order valence-electron chi connectivity index (χ0n) is 12.8. The number of rotatable bonds is 5. The number of carbonyl (C=O) groups is 1. The molecule has 0 saturated carbocycles. The molecular formula is C16H15N3O4S. The average Bonchev–Trinajstić information content (AvgIpc) is 2.94. The zero-order chi connectivity index (χ0) is 17.2. The summed E-state index contributed by atoms with van der Waals surface area (Å²) in [6.45, 7) is 0.235. The van der Waals surface area contributed by atoms with Crippen molar-refractivity contribution in [2.45, 2.75) is 6.61 Å². The van der Waals surface area contributed by atoms with E-state index in [1.807, 2.05) is 39.7 Å². The van der Waals surface area contributed by atoms with E-state index in [2.05, 4.69) is 4.98 Å². The van der Waals surface area contributed by atoms with Crippen LogP contribution in [-0.2, 0) is 16.6 Å². The Kier molecular flexibility index (Phi) is 4.22. The van der Waals surface area contributed by atoms with E-state index >= 15 is 0 Å². The maximum absolute atomic E-state index is 11.8. The Morgan fingerprint density at radius 2 is 2.08 bits per heavy atom. The van der Waals surface area contributed by atoms with Gasteiger partial charge in [0.25, 0.3) is 5.91 Å². The molecule has 0 aliphatic rings. The van der Waals surface area contributed by atoms with Gasteiger partial charge in [-0.05, 0) is 30.3 Å². The molecule has 0 fully saturated rings. The first kappa shape index (κ1) is 16.0. The summed E-state index contributed by atoms with van der Waals surface area (Å²) in [5.41, 5.74) is 1.76. The van der Waals surface area contributed by atoms with Crippen LogP contribution < -0.4 is 9.46 Å². The predicted octanol–water partition coefficient (Wildman–Crippen LogP) is 1.60. The molecule has 1 amide bonds. The molecule has 1 aromatic carbocycles. The standard InChI is InChI=1S/C16H15N3O4S/c1-24(21,22)18-16(20)12-5-4-6-14(9-12)23-11-13-10-19-8-3-2-7-15(19)17-13/h2-10H,11H2,1H3,(H,18,20). The number of ether oxygens (including phenoxy) is 1. The van der Waals surface area contributed by atoms with Crippen molar-refractivity contribution in [1.82, 2.24) is 14.1 Å². The monoisotopic (exact) mass is 345 g/mol. The van der Waals surface area contributed by atoms with Gasteiger partial charge in [-0.25, -0.2) is 18.1 Å². The maximum Gasteiger partial charge on any atom is 0.264 e. The smallest absolute Gasteiger partial charge is 0.264 e. The first-order chi connectivity index (χ1) is 11.4. The lowest BCUT2D eigenvalue weighted by atomic mass is 10.2. The summed E-state index contributed by atoms with van der Waals surface area (Å²) in [4.78, 5) is 16.3. The molecule has 0 radical (unpaired) electrons. The number of hydrogen-bond donors (Lipinski definition) is 1. The van der Waals surface area contributed by atoms with E-state index in [-0.39, 0.29) is 12.2 Å². The second-order valence-corrected chi connectivity index (χ2v) is 6.97. The van der Waals surface area contributed by atoms with Gasteiger partial charge in [0, 0.05) is 18.0 Å². The van der Waals surface area contributed by atoms with Crippen molar-refractivity contribution in [3.63, 3.8) is 0 Å². The van der Waals surface area contributed by atoms with E-state index in [0.29, 0.717) is 5.75 Å². The van der Waals surface area contributed by atoms with Crippen molar-refractivity contribution >= 4 is 21.6 Å². The van der Waals surface area contributed by atoms with E-state index in [1.165, 1.54) is 12.1 Å². The van der Waals surface area contributed by atoms with Crippen LogP contribution in [-0.4, -0.2) is 30.0 Å². The predicted molar refractivity (Wildman–Crippen MR) is 88.3 cm³/mol. The third-order valence-electron chi connectivity index (χ3n) is 3.17. The number of pyridine rings is 1. The average molecular weight is 345 g/mol. The van der Waals surface area contributed by atoms with Crippen molar-refractivity contribution in [3.8, 4) is 5.75 Å². The highest BCUT2D eigenvalue weighted by Gasteiger charge is 2.12. The number of carbonyl (C=O) groups excluding carboxylic acids is 1. The van der Waals surface area contributed by atoms with Crippen LogP contribution in [0.15, 0.2) is 54.9 Å². The molecule has 3 rings (SSSR count). The van der Waals surface area contributed by atoms with Crippen molar-refractivity contribution in [2.24, 2.45) is 0 Å². The fourth-order valence-electron chi connectivity index (χ4n) is 2.17. The van der Waals surface area contributed by atoms with Gasteiger partial charge in [0.1, 0.15) is 18.0 Å². The summed E-state index contributed by atoms with van der Waals surface area (Å²) in [6.07, 6.45) is 4.67. The summed E-state index contributed by atoms with van der Waals surface area (Å²) in [7, 11) is -3.61. The van der Waals surface area contributed by atoms with Crippen LogP contribution in [0, 0.1) is 0 Å². The minimum Gasteiger partial charge on any atom is -0.487 e. The number of aromatic nitrogens is 2. The van der Waals surface area contributed by atoms with Gasteiger partial charge in [-0.15, -0.1) is 0 Å². The van der Waals surface area contributed by atoms with Gasteiger partial charge < -0.3 is 9.14 Å². The Balaban J connectivity index is 1.71. The van der Waals surface area contributed by atoms with Crippen LogP contribution in [0.1, 0.15) is 16.1 Å². The normalized spacial score (nSPS) is 11.4. The summed E-state index contributed by atoms with van der Waals surface area (Å²) >= 11 is 0. The quantitative estimate of drug-likeness (QED) is 0.759. The molecule has 0 aliphatic heterocycles. The summed E-state index contributed by atoms with van der Waals surface area (Å²) < 4.78 is 31.7. The van der Waals surface area contributed by atoms with Gasteiger partial charge in [0.05, 0.1) is 11.9 Å². The third-order valence-corrected chi connectivity index (χ3v) is 3.73. The van der Waals surface area contributed by atoms with Crippen molar-refractivity contribution in [1.29, 1.82) is 0 Å². The topological polar surface area (TPSA) is 89.8 Å². The Morgan fingerprint density at radius 1 is 1.25 bits per heavy atom. The SMILES string of the molecule is CS(=O)(=O)NC(=O)c1cccc(OCc2cn3ccccc3n2)c1. The van der Waals surface area contributed by atoms with Gasteiger partial charge in [-0.3, -0.25) is 4.79 Å². The fourth-order valence-corrected chi connectivity index (χ4v) is 2.62. The Hall–Kier alpha value is -2.87. The molecule has 8 heteroatoms. The molecule has 3 aromatic rings. The van der Waals surface area contributed by atoms with E-state index in [4.69, 9.17) is 4.74 Å². The van der Waals surface area contributed by atoms with Crippen molar-refractivity contribution in [2.75, 3.05) is 6.26 Å². The summed E-state index contributed by atoms with van der Waals surface area (Å²) in [5.74, 6) is -0.246. The molecule has 0 atom stereocenters. The molecular weight excluding hydrogens is 330 g/mol. The number of amides is 1. The largest absolute Gasteiger partial charge is 0.487 e. The summed E-state index contributed by atoms with van der Waals surface area (Å²) in [5, 5.41) is 0. The molecule has 7 nitrogen and oxygen atoms in total. The fraction of sp³-hybridized carbons (Fsp3) is 0.125. The molecule has 0 bridgehead atoms. The number of benzene rings is 1. The van der Waals surface area contributed by atoms with Gasteiger partial charge in [0.15, 0.2) is 0 Å². The second-order valence-electron chi connectivity index (χ2n) is 5.22. The molecule has 2 aromatic heterocycles. The molecule has 24 heavy (non-hydrogen) atoms. The molecule has 0 saturated heterocycles. The van der Waals surface area contributed by atoms with Crippen LogP contribution in [0.2, 0.25) is 0 Å². The zero-order valence-corrected chi connectivity index (χ0v) is 13.7. The molecule has 0 unspecified atom stereocenters. The van der Waals surface area contributed by atoms with Crippen molar-refractivity contribution in [3.05, 3.63) is 66.1 Å². The third kappa shape index (κ3) is 3.90. The lowest BCUT2D eigenvalue weighted by molar-refractivity contribution is 0.0981. The molecule has 1 N–H and O–H groups in total. The van der Waals surface area contributed by atoms with Crippen LogP contribution >= 0.6 is 0 Å². The van der Waals surface area contributed by atoms with Crippen LogP contribution in [0.3, 0.4) is 0 Å². The minimum absolute atomic E-state index is 0.202. The summed E-state index contributed by atoms with van der Waals surface area (Å²) in [6, 6.07) is 12.0. The van der Waals surface area contributed by atoms with E-state index in [1.54, 1.807) is 12.1 Å². The lowest BCUT2D eigenvalue weighted by Crippen LogP contribution is -2.29. The highest BCUT2D eigenvalue weighted by Crippen LogP contribution is 2.15. The first-order valence-corrected chi connectivity index (χ1v) is 8.97. The van der Waals surface area contributed by atoms with Gasteiger partial charge >= 0.3 is 0 Å².